The Bertz CT molecular complexity index is 279. The van der Waals surface area contributed by atoms with Gasteiger partial charge in [0.05, 0.1) is 6.54 Å². The van der Waals surface area contributed by atoms with E-state index in [0.717, 1.165) is 18.4 Å². The molecule has 0 aliphatic carbocycles. The Balaban J connectivity index is 2.67. The molecule has 1 rings (SSSR count). The largest absolute Gasteiger partial charge is 0.368 e. The molecule has 0 saturated carbocycles. The minimum Gasteiger partial charge on any atom is -0.368 e. The Hall–Kier alpha value is -1.31. The lowest BCUT2D eigenvalue weighted by Gasteiger charge is -2.15. The molecule has 1 aromatic rings. The highest BCUT2D eigenvalue weighted by Gasteiger charge is 1.98. The summed E-state index contributed by atoms with van der Waals surface area (Å²) in [4.78, 5) is 12.2. The van der Waals surface area contributed by atoms with Crippen LogP contribution in [0.1, 0.15) is 18.9 Å². The fourth-order valence-corrected chi connectivity index (χ4v) is 1.42. The first-order valence-electron chi connectivity index (χ1n) is 5.01. The Morgan fingerprint density at radius 3 is 2.43 bits per heavy atom. The lowest BCUT2D eigenvalue weighted by Crippen LogP contribution is -2.19. The van der Waals surface area contributed by atoms with E-state index in [4.69, 9.17) is 0 Å². The van der Waals surface area contributed by atoms with E-state index in [1.165, 1.54) is 12.0 Å². The monoisotopic (exact) mass is 191 g/mol. The van der Waals surface area contributed by atoms with Crippen molar-refractivity contribution in [3.05, 3.63) is 29.8 Å². The predicted octanol–water partition coefficient (Wildman–Crippen LogP) is 2.27. The van der Waals surface area contributed by atoms with E-state index in [0.29, 0.717) is 6.54 Å². The van der Waals surface area contributed by atoms with Crippen LogP contribution in [0.15, 0.2) is 24.3 Å². The molecule has 0 aromatic heterocycles. The lowest BCUT2D eigenvalue weighted by atomic mass is 10.1. The molecule has 0 atom stereocenters. The van der Waals surface area contributed by atoms with Gasteiger partial charge in [-0.1, -0.05) is 25.5 Å². The molecule has 0 N–H and O–H groups in total. The average molecular weight is 191 g/mol. The van der Waals surface area contributed by atoms with Crippen LogP contribution in [-0.4, -0.2) is 19.9 Å². The molecule has 0 radical (unpaired) electrons. The van der Waals surface area contributed by atoms with Crippen LogP contribution in [0, 0.1) is 0 Å². The van der Waals surface area contributed by atoms with Gasteiger partial charge in [-0.05, 0) is 24.1 Å². The molecule has 0 fully saturated rings. The number of carbonyl (C=O) groups excluding carboxylic acids is 1. The van der Waals surface area contributed by atoms with Gasteiger partial charge in [0.2, 0.25) is 0 Å². The summed E-state index contributed by atoms with van der Waals surface area (Å²) in [5.41, 5.74) is 2.45. The van der Waals surface area contributed by atoms with Crippen LogP contribution in [-0.2, 0) is 11.2 Å². The maximum absolute atomic E-state index is 10.3. The number of aryl methyl sites for hydroxylation is 1. The molecule has 1 aromatic carbocycles. The number of hydrogen-bond acceptors (Lipinski definition) is 2. The van der Waals surface area contributed by atoms with Crippen molar-refractivity contribution in [1.29, 1.82) is 0 Å². The highest BCUT2D eigenvalue weighted by atomic mass is 16.1. The zero-order valence-electron chi connectivity index (χ0n) is 8.86. The second kappa shape index (κ2) is 5.43. The number of nitrogens with zero attached hydrogens (tertiary/aromatic N) is 1. The molecule has 0 unspecified atom stereocenters. The standard InChI is InChI=1S/C12H17NO/c1-3-4-11-5-7-12(8-6-11)13(2)9-10-14/h5-8,10H,3-4,9H2,1-2H3. The summed E-state index contributed by atoms with van der Waals surface area (Å²) in [6, 6.07) is 8.38. The topological polar surface area (TPSA) is 20.3 Å². The molecule has 2 nitrogen and oxygen atoms in total. The smallest absolute Gasteiger partial charge is 0.139 e. The van der Waals surface area contributed by atoms with E-state index < -0.39 is 0 Å². The Morgan fingerprint density at radius 1 is 1.29 bits per heavy atom. The summed E-state index contributed by atoms with van der Waals surface area (Å²) in [7, 11) is 1.92. The number of rotatable bonds is 5. The number of aldehydes is 1. The number of likely N-dealkylation sites (N-methyl/N-ethyl adjacent to an activating group) is 1. The van der Waals surface area contributed by atoms with Crippen molar-refractivity contribution < 1.29 is 4.79 Å². The molecule has 0 heterocycles. The van der Waals surface area contributed by atoms with Crippen LogP contribution >= 0.6 is 0 Å². The normalized spacial score (nSPS) is 9.86. The molecule has 0 spiro atoms. The van der Waals surface area contributed by atoms with Crippen molar-refractivity contribution in [3.8, 4) is 0 Å². The molecule has 76 valence electrons. The zero-order valence-corrected chi connectivity index (χ0v) is 8.86. The third-order valence-corrected chi connectivity index (χ3v) is 2.26. The first-order valence-corrected chi connectivity index (χ1v) is 5.01. The van der Waals surface area contributed by atoms with Gasteiger partial charge in [-0.15, -0.1) is 0 Å². The van der Waals surface area contributed by atoms with E-state index in [2.05, 4.69) is 31.2 Å². The molecule has 0 saturated heterocycles. The zero-order chi connectivity index (χ0) is 10.4. The number of hydrogen-bond donors (Lipinski definition) is 0. The van der Waals surface area contributed by atoms with E-state index in [-0.39, 0.29) is 0 Å². The lowest BCUT2D eigenvalue weighted by molar-refractivity contribution is -0.106. The van der Waals surface area contributed by atoms with Crippen molar-refractivity contribution in [1.82, 2.24) is 0 Å². The van der Waals surface area contributed by atoms with Gasteiger partial charge in [-0.25, -0.2) is 0 Å². The van der Waals surface area contributed by atoms with Crippen molar-refractivity contribution in [2.45, 2.75) is 19.8 Å². The first kappa shape index (κ1) is 10.8. The van der Waals surface area contributed by atoms with E-state index in [1.54, 1.807) is 0 Å². The van der Waals surface area contributed by atoms with Gasteiger partial charge in [-0.3, -0.25) is 0 Å². The second-order valence-electron chi connectivity index (χ2n) is 3.46. The van der Waals surface area contributed by atoms with Crippen LogP contribution in [0.25, 0.3) is 0 Å². The summed E-state index contributed by atoms with van der Waals surface area (Å²) in [5, 5.41) is 0. The van der Waals surface area contributed by atoms with Crippen molar-refractivity contribution in [2.24, 2.45) is 0 Å². The summed E-state index contributed by atoms with van der Waals surface area (Å²) < 4.78 is 0. The van der Waals surface area contributed by atoms with Crippen LogP contribution in [0.2, 0.25) is 0 Å². The minimum atomic E-state index is 0.452. The van der Waals surface area contributed by atoms with Crippen LogP contribution in [0.3, 0.4) is 0 Å². The molecule has 0 amide bonds. The minimum absolute atomic E-state index is 0.452. The van der Waals surface area contributed by atoms with E-state index in [9.17, 15) is 4.79 Å². The van der Waals surface area contributed by atoms with E-state index in [1.807, 2.05) is 11.9 Å². The van der Waals surface area contributed by atoms with Gasteiger partial charge in [0.25, 0.3) is 0 Å². The van der Waals surface area contributed by atoms with Crippen molar-refractivity contribution >= 4 is 12.0 Å². The van der Waals surface area contributed by atoms with Gasteiger partial charge in [0.15, 0.2) is 0 Å². The Kier molecular flexibility index (Phi) is 4.17. The second-order valence-corrected chi connectivity index (χ2v) is 3.46. The fourth-order valence-electron chi connectivity index (χ4n) is 1.42. The number of carbonyl (C=O) groups is 1. The quantitative estimate of drug-likeness (QED) is 0.665. The molecule has 0 bridgehead atoms. The summed E-state index contributed by atoms with van der Waals surface area (Å²) in [6.45, 7) is 2.62. The van der Waals surface area contributed by atoms with Crippen LogP contribution in [0.5, 0.6) is 0 Å². The summed E-state index contributed by atoms with van der Waals surface area (Å²) in [5.74, 6) is 0. The highest BCUT2D eigenvalue weighted by Crippen LogP contribution is 2.13. The molecular weight excluding hydrogens is 174 g/mol. The maximum atomic E-state index is 10.3. The molecule has 0 aliphatic rings. The third kappa shape index (κ3) is 2.87. The molecule has 2 heteroatoms. The summed E-state index contributed by atoms with van der Waals surface area (Å²) in [6.07, 6.45) is 3.21. The Labute approximate surface area is 85.5 Å². The number of benzene rings is 1. The highest BCUT2D eigenvalue weighted by molar-refractivity contribution is 5.60. The van der Waals surface area contributed by atoms with Crippen molar-refractivity contribution in [2.75, 3.05) is 18.5 Å². The van der Waals surface area contributed by atoms with Crippen LogP contribution < -0.4 is 4.90 Å². The van der Waals surface area contributed by atoms with Gasteiger partial charge >= 0.3 is 0 Å². The maximum Gasteiger partial charge on any atom is 0.139 e. The summed E-state index contributed by atoms with van der Waals surface area (Å²) >= 11 is 0. The first-order chi connectivity index (χ1) is 6.77. The van der Waals surface area contributed by atoms with Crippen molar-refractivity contribution in [3.63, 3.8) is 0 Å². The molecule has 0 aliphatic heterocycles. The number of anilines is 1. The van der Waals surface area contributed by atoms with Gasteiger partial charge in [0, 0.05) is 12.7 Å². The Morgan fingerprint density at radius 2 is 1.93 bits per heavy atom. The predicted molar refractivity (Wildman–Crippen MR) is 59.8 cm³/mol. The van der Waals surface area contributed by atoms with Gasteiger partial charge < -0.3 is 9.69 Å². The fraction of sp³-hybridized carbons (Fsp3) is 0.417. The van der Waals surface area contributed by atoms with Gasteiger partial charge in [0.1, 0.15) is 6.29 Å². The third-order valence-electron chi connectivity index (χ3n) is 2.26. The van der Waals surface area contributed by atoms with Gasteiger partial charge in [-0.2, -0.15) is 0 Å². The van der Waals surface area contributed by atoms with Crippen LogP contribution in [0.4, 0.5) is 5.69 Å². The molecule has 14 heavy (non-hydrogen) atoms. The molecular formula is C12H17NO. The van der Waals surface area contributed by atoms with E-state index >= 15 is 0 Å². The SMILES string of the molecule is CCCc1ccc(N(C)CC=O)cc1. The average Bonchev–Trinajstić information content (AvgIpc) is 2.20.